The smallest absolute Gasteiger partial charge is 0.230 e. The van der Waals surface area contributed by atoms with Gasteiger partial charge in [0.1, 0.15) is 4.33 Å². The van der Waals surface area contributed by atoms with E-state index in [2.05, 4.69) is 5.32 Å². The highest BCUT2D eigenvalue weighted by Crippen LogP contribution is 2.63. The van der Waals surface area contributed by atoms with E-state index < -0.39 is 15.2 Å². The van der Waals surface area contributed by atoms with Crippen molar-refractivity contribution in [3.8, 4) is 0 Å². The largest absolute Gasteiger partial charge is 0.354 e. The van der Waals surface area contributed by atoms with Crippen molar-refractivity contribution in [3.63, 3.8) is 0 Å². The summed E-state index contributed by atoms with van der Waals surface area (Å²) in [4.78, 5) is 26.2. The summed E-state index contributed by atoms with van der Waals surface area (Å²) in [6, 6.07) is 0. The Morgan fingerprint density at radius 2 is 1.70 bits per heavy atom. The van der Waals surface area contributed by atoms with Crippen LogP contribution in [0.3, 0.4) is 0 Å². The zero-order chi connectivity index (χ0) is 15.2. The van der Waals surface area contributed by atoms with E-state index in [1.54, 1.807) is 25.9 Å². The first-order valence-corrected chi connectivity index (χ1v) is 7.78. The maximum atomic E-state index is 12.4. The number of carbonyl (C=O) groups is 2. The minimum absolute atomic E-state index is 0.0965. The molecule has 0 aliphatic heterocycles. The van der Waals surface area contributed by atoms with Crippen LogP contribution in [0.1, 0.15) is 39.0 Å². The van der Waals surface area contributed by atoms with Crippen LogP contribution in [0.4, 0.5) is 0 Å². The van der Waals surface area contributed by atoms with Gasteiger partial charge in [-0.3, -0.25) is 9.59 Å². The fraction of sp³-hybridized carbons (Fsp3) is 0.857. The van der Waals surface area contributed by atoms with Crippen molar-refractivity contribution < 1.29 is 9.59 Å². The van der Waals surface area contributed by atoms with Gasteiger partial charge in [-0.05, 0) is 26.2 Å². The Hall–Kier alpha value is -0.480. The zero-order valence-corrected chi connectivity index (χ0v) is 13.8. The molecule has 20 heavy (non-hydrogen) atoms. The third-order valence-corrected chi connectivity index (χ3v) is 5.87. The van der Waals surface area contributed by atoms with Crippen LogP contribution in [0.2, 0.25) is 0 Å². The lowest BCUT2D eigenvalue weighted by atomic mass is 9.84. The van der Waals surface area contributed by atoms with Gasteiger partial charge in [-0.2, -0.15) is 0 Å². The number of hydrogen-bond donors (Lipinski definition) is 1. The maximum Gasteiger partial charge on any atom is 0.230 e. The molecule has 4 nitrogen and oxygen atoms in total. The van der Waals surface area contributed by atoms with Crippen molar-refractivity contribution in [2.24, 2.45) is 10.8 Å². The molecule has 0 spiro atoms. The third kappa shape index (κ3) is 2.52. The van der Waals surface area contributed by atoms with Crippen molar-refractivity contribution in [1.29, 1.82) is 0 Å². The van der Waals surface area contributed by atoms with E-state index in [-0.39, 0.29) is 11.8 Å². The number of halogens is 2. The highest BCUT2D eigenvalue weighted by atomic mass is 35.5. The predicted molar refractivity (Wildman–Crippen MR) is 79.8 cm³/mol. The van der Waals surface area contributed by atoms with Gasteiger partial charge >= 0.3 is 0 Å². The third-order valence-electron chi connectivity index (χ3n) is 4.77. The van der Waals surface area contributed by atoms with Crippen molar-refractivity contribution >= 4 is 35.0 Å². The number of nitrogens with one attached hydrogen (secondary N) is 1. The number of amides is 2. The zero-order valence-electron chi connectivity index (χ0n) is 12.3. The molecule has 2 saturated carbocycles. The molecule has 2 amide bonds. The van der Waals surface area contributed by atoms with Gasteiger partial charge in [0.2, 0.25) is 11.8 Å². The van der Waals surface area contributed by atoms with Gasteiger partial charge < -0.3 is 10.2 Å². The fourth-order valence-electron chi connectivity index (χ4n) is 3.08. The monoisotopic (exact) mass is 320 g/mol. The summed E-state index contributed by atoms with van der Waals surface area (Å²) >= 11 is 12.0. The van der Waals surface area contributed by atoms with Crippen LogP contribution in [0.5, 0.6) is 0 Å². The van der Waals surface area contributed by atoms with Gasteiger partial charge in [0.05, 0.1) is 10.8 Å². The van der Waals surface area contributed by atoms with Crippen molar-refractivity contribution in [1.82, 2.24) is 10.2 Å². The van der Waals surface area contributed by atoms with E-state index in [0.717, 1.165) is 25.7 Å². The molecular formula is C14H22Cl2N2O2. The molecule has 0 heterocycles. The molecule has 2 fully saturated rings. The van der Waals surface area contributed by atoms with Gasteiger partial charge in [-0.1, -0.05) is 12.8 Å². The number of alkyl halides is 2. The molecule has 0 aromatic rings. The van der Waals surface area contributed by atoms with E-state index in [9.17, 15) is 9.59 Å². The fourth-order valence-corrected chi connectivity index (χ4v) is 3.79. The van der Waals surface area contributed by atoms with Crippen LogP contribution >= 0.6 is 23.2 Å². The second-order valence-electron chi connectivity index (χ2n) is 6.58. The van der Waals surface area contributed by atoms with Crippen LogP contribution in [-0.2, 0) is 9.59 Å². The Balaban J connectivity index is 2.01. The predicted octanol–water partition coefficient (Wildman–Crippen LogP) is 2.34. The summed E-state index contributed by atoms with van der Waals surface area (Å²) < 4.78 is -0.967. The first-order chi connectivity index (χ1) is 9.15. The summed E-state index contributed by atoms with van der Waals surface area (Å²) in [5, 5.41) is 2.90. The molecule has 0 aromatic heterocycles. The van der Waals surface area contributed by atoms with Crippen molar-refractivity contribution in [3.05, 3.63) is 0 Å². The van der Waals surface area contributed by atoms with Crippen LogP contribution in [-0.4, -0.2) is 41.7 Å². The number of carbonyl (C=O) groups excluding carboxylic acids is 2. The number of rotatable bonds is 4. The number of nitrogens with zero attached hydrogens (tertiary/aromatic N) is 1. The molecule has 6 heteroatoms. The standard InChI is InChI=1S/C14H22Cl2N2O2/c1-12(8-14(12,15)16)10(19)17-9-13(6-4-5-7-13)11(20)18(2)3/h4-9H2,1-3H3,(H,17,19)/t12-/m0/s1. The van der Waals surface area contributed by atoms with E-state index in [4.69, 9.17) is 23.2 Å². The van der Waals surface area contributed by atoms with Crippen LogP contribution in [0.25, 0.3) is 0 Å². The Morgan fingerprint density at radius 3 is 2.10 bits per heavy atom. The minimum atomic E-state index is -0.967. The topological polar surface area (TPSA) is 49.4 Å². The van der Waals surface area contributed by atoms with Gasteiger partial charge in [0.25, 0.3) is 0 Å². The molecule has 0 unspecified atom stereocenters. The van der Waals surface area contributed by atoms with Crippen molar-refractivity contribution in [2.75, 3.05) is 20.6 Å². The summed E-state index contributed by atoms with van der Waals surface area (Å²) in [6.45, 7) is 2.14. The second-order valence-corrected chi connectivity index (χ2v) is 8.07. The molecule has 1 N–H and O–H groups in total. The lowest BCUT2D eigenvalue weighted by Crippen LogP contribution is -2.48. The van der Waals surface area contributed by atoms with E-state index in [1.165, 1.54) is 0 Å². The first kappa shape index (κ1) is 15.9. The van der Waals surface area contributed by atoms with Gasteiger partial charge in [0, 0.05) is 20.6 Å². The summed E-state index contributed by atoms with van der Waals surface area (Å²) in [5.41, 5.74) is -1.18. The van der Waals surface area contributed by atoms with Gasteiger partial charge in [-0.25, -0.2) is 0 Å². The lowest BCUT2D eigenvalue weighted by molar-refractivity contribution is -0.139. The average molecular weight is 321 g/mol. The minimum Gasteiger partial charge on any atom is -0.354 e. The molecule has 2 aliphatic rings. The Labute approximate surface area is 130 Å². The molecule has 0 bridgehead atoms. The molecule has 0 radical (unpaired) electrons. The summed E-state index contributed by atoms with van der Waals surface area (Å²) in [5.74, 6) is -0.0559. The molecular weight excluding hydrogens is 299 g/mol. The van der Waals surface area contributed by atoms with Crippen LogP contribution in [0, 0.1) is 10.8 Å². The van der Waals surface area contributed by atoms with Gasteiger partial charge in [-0.15, -0.1) is 23.2 Å². The molecule has 1 atom stereocenters. The summed E-state index contributed by atoms with van der Waals surface area (Å²) in [6.07, 6.45) is 4.18. The molecule has 114 valence electrons. The van der Waals surface area contributed by atoms with E-state index >= 15 is 0 Å². The molecule has 0 aromatic carbocycles. The molecule has 2 rings (SSSR count). The van der Waals surface area contributed by atoms with E-state index in [0.29, 0.717) is 13.0 Å². The normalized spacial score (nSPS) is 29.9. The maximum absolute atomic E-state index is 12.4. The lowest BCUT2D eigenvalue weighted by Gasteiger charge is -2.31. The van der Waals surface area contributed by atoms with Crippen LogP contribution < -0.4 is 5.32 Å². The molecule has 0 saturated heterocycles. The Bertz CT molecular complexity index is 431. The van der Waals surface area contributed by atoms with Gasteiger partial charge in [0.15, 0.2) is 0 Å². The summed E-state index contributed by atoms with van der Waals surface area (Å²) in [7, 11) is 3.52. The highest BCUT2D eigenvalue weighted by Gasteiger charge is 2.68. The molecule has 2 aliphatic carbocycles. The number of hydrogen-bond acceptors (Lipinski definition) is 2. The Morgan fingerprint density at radius 1 is 1.20 bits per heavy atom. The quantitative estimate of drug-likeness (QED) is 0.808. The van der Waals surface area contributed by atoms with E-state index in [1.807, 2.05) is 0 Å². The Kier molecular flexibility index (Phi) is 4.02. The average Bonchev–Trinajstić information content (AvgIpc) is 2.77. The first-order valence-electron chi connectivity index (χ1n) is 7.03. The SMILES string of the molecule is CN(C)C(=O)C1(CNC(=O)[C@]2(C)CC2(Cl)Cl)CCCC1. The second kappa shape index (κ2) is 5.06. The van der Waals surface area contributed by atoms with Crippen molar-refractivity contribution in [2.45, 2.75) is 43.4 Å². The van der Waals surface area contributed by atoms with Crippen LogP contribution in [0.15, 0.2) is 0 Å². The highest BCUT2D eigenvalue weighted by molar-refractivity contribution is 6.53.